The van der Waals surface area contributed by atoms with Crippen molar-refractivity contribution in [2.24, 2.45) is 11.7 Å². The fourth-order valence-electron chi connectivity index (χ4n) is 2.41. The number of halogens is 1. The molecule has 1 unspecified atom stereocenters. The minimum absolute atomic E-state index is 0. The van der Waals surface area contributed by atoms with Gasteiger partial charge in [0, 0.05) is 12.6 Å². The molecule has 7 heteroatoms. The van der Waals surface area contributed by atoms with Crippen LogP contribution in [-0.4, -0.2) is 27.2 Å². The molecular formula is C11H19ClN4OS. The van der Waals surface area contributed by atoms with Gasteiger partial charge in [-0.05, 0) is 18.8 Å². The fourth-order valence-corrected chi connectivity index (χ4v) is 2.82. The number of carbonyl (C=O) groups excluding carboxylic acids is 1. The van der Waals surface area contributed by atoms with Crippen LogP contribution in [0.1, 0.15) is 42.6 Å². The molecule has 0 saturated heterocycles. The van der Waals surface area contributed by atoms with Crippen LogP contribution in [0.4, 0.5) is 0 Å². The van der Waals surface area contributed by atoms with E-state index in [0.717, 1.165) is 24.6 Å². The van der Waals surface area contributed by atoms with Crippen molar-refractivity contribution in [3.8, 4) is 0 Å². The van der Waals surface area contributed by atoms with Crippen LogP contribution in [0, 0.1) is 5.92 Å². The van der Waals surface area contributed by atoms with E-state index in [0.29, 0.717) is 18.2 Å². The molecule has 1 amide bonds. The summed E-state index contributed by atoms with van der Waals surface area (Å²) in [6.07, 6.45) is 7.62. The maximum absolute atomic E-state index is 11.9. The van der Waals surface area contributed by atoms with Gasteiger partial charge in [0.25, 0.3) is 5.91 Å². The topological polar surface area (TPSA) is 80.9 Å². The normalized spacial score (nSPS) is 17.8. The van der Waals surface area contributed by atoms with Gasteiger partial charge in [-0.25, -0.2) is 0 Å². The number of carbonyl (C=O) groups is 1. The Bertz CT molecular complexity index is 354. The van der Waals surface area contributed by atoms with Crippen molar-refractivity contribution in [2.75, 3.05) is 6.54 Å². The molecule has 18 heavy (non-hydrogen) atoms. The third-order valence-electron chi connectivity index (χ3n) is 3.38. The molecule has 1 atom stereocenters. The summed E-state index contributed by atoms with van der Waals surface area (Å²) in [7, 11) is 0. The molecule has 1 heterocycles. The quantitative estimate of drug-likeness (QED) is 0.882. The molecule has 1 aromatic rings. The first-order chi connectivity index (χ1) is 8.31. The van der Waals surface area contributed by atoms with Gasteiger partial charge in [0.1, 0.15) is 0 Å². The number of nitrogens with two attached hydrogens (primary N) is 1. The monoisotopic (exact) mass is 290 g/mol. The molecule has 102 valence electrons. The van der Waals surface area contributed by atoms with Gasteiger partial charge in [0.05, 0.1) is 17.9 Å². The Morgan fingerprint density at radius 1 is 1.50 bits per heavy atom. The van der Waals surface area contributed by atoms with E-state index in [1.54, 1.807) is 0 Å². The van der Waals surface area contributed by atoms with Gasteiger partial charge < -0.3 is 11.1 Å². The average Bonchev–Trinajstić information content (AvgIpc) is 2.90. The van der Waals surface area contributed by atoms with Gasteiger partial charge in [0.15, 0.2) is 5.69 Å². The summed E-state index contributed by atoms with van der Waals surface area (Å²) in [5.74, 6) is 0.365. The van der Waals surface area contributed by atoms with Crippen LogP contribution in [0.3, 0.4) is 0 Å². The molecule has 3 N–H and O–H groups in total. The number of amides is 1. The summed E-state index contributed by atoms with van der Waals surface area (Å²) < 4.78 is 7.75. The predicted octanol–water partition coefficient (Wildman–Crippen LogP) is 1.60. The Labute approximate surface area is 117 Å². The minimum atomic E-state index is -0.153. The predicted molar refractivity (Wildman–Crippen MR) is 74.0 cm³/mol. The van der Waals surface area contributed by atoms with Crippen molar-refractivity contribution in [1.29, 1.82) is 0 Å². The Kier molecular flexibility index (Phi) is 6.52. The van der Waals surface area contributed by atoms with Gasteiger partial charge in [-0.2, -0.15) is 8.75 Å². The Morgan fingerprint density at radius 2 is 2.22 bits per heavy atom. The standard InChI is InChI=1S/C11H18N4OS.ClH/c12-6-9(8-4-2-1-3-5-8)14-11(16)10-7-13-17-15-10;/h7-9H,1-6,12H2,(H,14,16);1H. The average molecular weight is 291 g/mol. The second-order valence-electron chi connectivity index (χ2n) is 4.51. The smallest absolute Gasteiger partial charge is 0.272 e. The zero-order valence-corrected chi connectivity index (χ0v) is 11.8. The molecule has 0 aromatic carbocycles. The maximum Gasteiger partial charge on any atom is 0.272 e. The van der Waals surface area contributed by atoms with E-state index in [4.69, 9.17) is 5.73 Å². The highest BCUT2D eigenvalue weighted by molar-refractivity contribution is 6.99. The molecule has 0 aliphatic heterocycles. The molecule has 1 aliphatic carbocycles. The number of hydrogen-bond donors (Lipinski definition) is 2. The molecule has 0 bridgehead atoms. The zero-order chi connectivity index (χ0) is 12.1. The highest BCUT2D eigenvalue weighted by Gasteiger charge is 2.24. The minimum Gasteiger partial charge on any atom is -0.346 e. The molecule has 1 fully saturated rings. The van der Waals surface area contributed by atoms with E-state index in [2.05, 4.69) is 14.1 Å². The van der Waals surface area contributed by atoms with Gasteiger partial charge in [0.2, 0.25) is 0 Å². The highest BCUT2D eigenvalue weighted by atomic mass is 35.5. The van der Waals surface area contributed by atoms with E-state index in [1.165, 1.54) is 25.5 Å². The number of nitrogens with one attached hydrogen (secondary N) is 1. The van der Waals surface area contributed by atoms with Crippen LogP contribution in [0.2, 0.25) is 0 Å². The summed E-state index contributed by atoms with van der Waals surface area (Å²) >= 11 is 1.05. The molecule has 1 saturated carbocycles. The molecule has 5 nitrogen and oxygen atoms in total. The summed E-state index contributed by atoms with van der Waals surface area (Å²) in [6.45, 7) is 0.494. The first-order valence-corrected chi connectivity index (χ1v) is 6.83. The summed E-state index contributed by atoms with van der Waals surface area (Å²) in [6, 6.07) is 0.0736. The second-order valence-corrected chi connectivity index (χ2v) is 5.06. The molecule has 0 spiro atoms. The van der Waals surface area contributed by atoms with Crippen molar-refractivity contribution in [1.82, 2.24) is 14.1 Å². The third-order valence-corrected chi connectivity index (χ3v) is 3.86. The molecule has 2 rings (SSSR count). The van der Waals surface area contributed by atoms with Crippen LogP contribution in [0.5, 0.6) is 0 Å². The van der Waals surface area contributed by atoms with Gasteiger partial charge in [-0.1, -0.05) is 19.3 Å². The largest absolute Gasteiger partial charge is 0.346 e. The van der Waals surface area contributed by atoms with E-state index in [1.807, 2.05) is 0 Å². The number of nitrogens with zero attached hydrogens (tertiary/aromatic N) is 2. The number of hydrogen-bond acceptors (Lipinski definition) is 5. The van der Waals surface area contributed by atoms with E-state index in [9.17, 15) is 4.79 Å². The first-order valence-electron chi connectivity index (χ1n) is 6.09. The lowest BCUT2D eigenvalue weighted by molar-refractivity contribution is 0.0911. The SMILES string of the molecule is Cl.NCC(NC(=O)c1cnsn1)C1CCCCC1. The summed E-state index contributed by atoms with van der Waals surface area (Å²) in [4.78, 5) is 11.9. The second kappa shape index (κ2) is 7.66. The lowest BCUT2D eigenvalue weighted by atomic mass is 9.84. The zero-order valence-electron chi connectivity index (χ0n) is 10.2. The van der Waals surface area contributed by atoms with Gasteiger partial charge >= 0.3 is 0 Å². The van der Waals surface area contributed by atoms with Crippen LogP contribution >= 0.6 is 24.1 Å². The molecule has 0 radical (unpaired) electrons. The Hall–Kier alpha value is -0.720. The van der Waals surface area contributed by atoms with Crippen molar-refractivity contribution in [2.45, 2.75) is 38.1 Å². The maximum atomic E-state index is 11.9. The van der Waals surface area contributed by atoms with Gasteiger partial charge in [-0.15, -0.1) is 12.4 Å². The number of rotatable bonds is 4. The lowest BCUT2D eigenvalue weighted by Gasteiger charge is -2.29. The molecule has 1 aromatic heterocycles. The third kappa shape index (κ3) is 3.90. The van der Waals surface area contributed by atoms with Crippen LogP contribution < -0.4 is 11.1 Å². The fraction of sp³-hybridized carbons (Fsp3) is 0.727. The highest BCUT2D eigenvalue weighted by Crippen LogP contribution is 2.26. The summed E-state index contributed by atoms with van der Waals surface area (Å²) in [5, 5.41) is 2.98. The van der Waals surface area contributed by atoms with Crippen molar-refractivity contribution in [3.05, 3.63) is 11.9 Å². The van der Waals surface area contributed by atoms with Crippen LogP contribution in [-0.2, 0) is 0 Å². The number of aromatic nitrogens is 2. The van der Waals surface area contributed by atoms with E-state index < -0.39 is 0 Å². The lowest BCUT2D eigenvalue weighted by Crippen LogP contribution is -2.46. The van der Waals surface area contributed by atoms with E-state index in [-0.39, 0.29) is 24.4 Å². The Morgan fingerprint density at radius 3 is 2.78 bits per heavy atom. The molecule has 1 aliphatic rings. The first kappa shape index (κ1) is 15.3. The van der Waals surface area contributed by atoms with Crippen molar-refractivity contribution >= 4 is 30.0 Å². The van der Waals surface area contributed by atoms with Crippen molar-refractivity contribution in [3.63, 3.8) is 0 Å². The van der Waals surface area contributed by atoms with Crippen LogP contribution in [0.15, 0.2) is 6.20 Å². The van der Waals surface area contributed by atoms with Gasteiger partial charge in [-0.3, -0.25) is 4.79 Å². The Balaban J connectivity index is 0.00000162. The van der Waals surface area contributed by atoms with Crippen molar-refractivity contribution < 1.29 is 4.79 Å². The van der Waals surface area contributed by atoms with E-state index >= 15 is 0 Å². The molecular weight excluding hydrogens is 272 g/mol. The summed E-state index contributed by atoms with van der Waals surface area (Å²) in [5.41, 5.74) is 6.15. The van der Waals surface area contributed by atoms with Crippen LogP contribution in [0.25, 0.3) is 0 Å².